The van der Waals surface area contributed by atoms with Gasteiger partial charge in [-0.2, -0.15) is 0 Å². The fraction of sp³-hybridized carbons (Fsp3) is 0.455. The molecule has 0 unspecified atom stereocenters. The van der Waals surface area contributed by atoms with E-state index in [1.165, 1.54) is 13.0 Å². The Labute approximate surface area is 179 Å². The number of amides is 1. The molecule has 168 valence electrons. The third kappa shape index (κ3) is 6.31. The standard InChI is InChI=1S/C22H27NO8/c1-4-5-6-14-11-19(26)31-20-12(2)17(9-7-15(14)20)30-13(3)21(27)23-16(22(28)29)8-10-18(24)25/h7,9,11,13,16H,4-6,8,10H2,1-3H3,(H,23,27)(H,24,25)(H,28,29)/p-2/t13-,16-/m0/s1. The van der Waals surface area contributed by atoms with E-state index in [9.17, 15) is 29.4 Å². The third-order valence-electron chi connectivity index (χ3n) is 4.91. The molecular weight excluding hydrogens is 406 g/mol. The van der Waals surface area contributed by atoms with Crippen LogP contribution in [0.2, 0.25) is 0 Å². The Kier molecular flexibility index (Phi) is 8.18. The van der Waals surface area contributed by atoms with E-state index >= 15 is 0 Å². The monoisotopic (exact) mass is 431 g/mol. The number of carbonyl (C=O) groups excluding carboxylic acids is 3. The van der Waals surface area contributed by atoms with Gasteiger partial charge in [0.2, 0.25) is 0 Å². The fourth-order valence-corrected chi connectivity index (χ4v) is 3.15. The number of benzene rings is 1. The molecule has 31 heavy (non-hydrogen) atoms. The highest BCUT2D eigenvalue weighted by Crippen LogP contribution is 2.29. The van der Waals surface area contributed by atoms with Crippen molar-refractivity contribution in [3.63, 3.8) is 0 Å². The molecule has 9 nitrogen and oxygen atoms in total. The summed E-state index contributed by atoms with van der Waals surface area (Å²) >= 11 is 0. The molecule has 2 aromatic rings. The van der Waals surface area contributed by atoms with E-state index in [-0.39, 0.29) is 6.42 Å². The fourth-order valence-electron chi connectivity index (χ4n) is 3.15. The van der Waals surface area contributed by atoms with Crippen LogP contribution in [0.4, 0.5) is 0 Å². The SMILES string of the molecule is CCCCc1cc(=O)oc2c(C)c(O[C@@H](C)C(=O)N[C@@H](CCC(=O)[O-])C(=O)[O-])ccc12. The average molecular weight is 431 g/mol. The molecule has 0 saturated carbocycles. The maximum atomic E-state index is 12.3. The lowest BCUT2D eigenvalue weighted by Crippen LogP contribution is -2.51. The number of aliphatic carboxylic acids is 2. The molecule has 0 saturated heterocycles. The molecule has 1 amide bonds. The first-order valence-electron chi connectivity index (χ1n) is 10.1. The molecule has 0 spiro atoms. The van der Waals surface area contributed by atoms with Crippen molar-refractivity contribution < 1.29 is 33.8 Å². The molecule has 0 aliphatic rings. The van der Waals surface area contributed by atoms with Crippen molar-refractivity contribution in [1.82, 2.24) is 5.32 Å². The summed E-state index contributed by atoms with van der Waals surface area (Å²) in [5.41, 5.74) is 1.29. The first-order valence-corrected chi connectivity index (χ1v) is 10.1. The molecule has 0 aliphatic heterocycles. The summed E-state index contributed by atoms with van der Waals surface area (Å²) in [5.74, 6) is -3.50. The predicted octanol–water partition coefficient (Wildman–Crippen LogP) is -0.0239. The highest BCUT2D eigenvalue weighted by molar-refractivity contribution is 5.87. The van der Waals surface area contributed by atoms with E-state index in [4.69, 9.17) is 9.15 Å². The largest absolute Gasteiger partial charge is 0.550 e. The Morgan fingerprint density at radius 1 is 1.23 bits per heavy atom. The summed E-state index contributed by atoms with van der Waals surface area (Å²) in [6.07, 6.45) is 0.611. The van der Waals surface area contributed by atoms with E-state index in [1.807, 2.05) is 0 Å². The van der Waals surface area contributed by atoms with Gasteiger partial charge in [-0.25, -0.2) is 4.79 Å². The zero-order chi connectivity index (χ0) is 23.1. The van der Waals surface area contributed by atoms with Crippen molar-refractivity contribution in [3.8, 4) is 5.75 Å². The van der Waals surface area contributed by atoms with Gasteiger partial charge in [-0.1, -0.05) is 13.3 Å². The third-order valence-corrected chi connectivity index (χ3v) is 4.91. The smallest absolute Gasteiger partial charge is 0.336 e. The number of ether oxygens (including phenoxy) is 1. The van der Waals surface area contributed by atoms with Gasteiger partial charge in [-0.05, 0) is 57.2 Å². The van der Waals surface area contributed by atoms with Crippen LogP contribution in [0.25, 0.3) is 11.0 Å². The summed E-state index contributed by atoms with van der Waals surface area (Å²) in [4.78, 5) is 46.0. The molecule has 0 bridgehead atoms. The number of carbonyl (C=O) groups is 3. The molecular formula is C22H25NO8-2. The van der Waals surface area contributed by atoms with Crippen molar-refractivity contribution in [2.24, 2.45) is 0 Å². The highest BCUT2D eigenvalue weighted by atomic mass is 16.5. The van der Waals surface area contributed by atoms with Gasteiger partial charge in [0.05, 0.1) is 12.0 Å². The Morgan fingerprint density at radius 2 is 1.94 bits per heavy atom. The van der Waals surface area contributed by atoms with Crippen LogP contribution >= 0.6 is 0 Å². The first kappa shape index (κ1) is 23.9. The van der Waals surface area contributed by atoms with Crippen molar-refractivity contribution in [2.45, 2.75) is 65.0 Å². The van der Waals surface area contributed by atoms with Crippen LogP contribution in [0.3, 0.4) is 0 Å². The minimum absolute atomic E-state index is 0.297. The second kappa shape index (κ2) is 10.6. The zero-order valence-corrected chi connectivity index (χ0v) is 17.7. The molecule has 0 radical (unpaired) electrons. The van der Waals surface area contributed by atoms with Crippen molar-refractivity contribution in [2.75, 3.05) is 0 Å². The van der Waals surface area contributed by atoms with Gasteiger partial charge in [0.1, 0.15) is 11.3 Å². The molecule has 0 aliphatic carbocycles. The van der Waals surface area contributed by atoms with Gasteiger partial charge in [-0.3, -0.25) is 4.79 Å². The predicted molar refractivity (Wildman–Crippen MR) is 107 cm³/mol. The van der Waals surface area contributed by atoms with E-state index in [0.717, 1.165) is 30.2 Å². The summed E-state index contributed by atoms with van der Waals surface area (Å²) in [5, 5.41) is 24.7. The van der Waals surface area contributed by atoms with Crippen LogP contribution in [-0.4, -0.2) is 30.0 Å². The zero-order valence-electron chi connectivity index (χ0n) is 17.7. The van der Waals surface area contributed by atoms with Gasteiger partial charge in [0.15, 0.2) is 6.10 Å². The number of hydrogen-bond donors (Lipinski definition) is 1. The lowest BCUT2D eigenvalue weighted by atomic mass is 10.0. The summed E-state index contributed by atoms with van der Waals surface area (Å²) < 4.78 is 11.0. The van der Waals surface area contributed by atoms with Gasteiger partial charge in [0, 0.05) is 23.0 Å². The minimum atomic E-state index is -1.61. The van der Waals surface area contributed by atoms with Crippen LogP contribution in [-0.2, 0) is 20.8 Å². The highest BCUT2D eigenvalue weighted by Gasteiger charge is 2.21. The number of rotatable bonds is 11. The lowest BCUT2D eigenvalue weighted by Gasteiger charge is -2.23. The second-order valence-corrected chi connectivity index (χ2v) is 7.31. The topological polar surface area (TPSA) is 149 Å². The van der Waals surface area contributed by atoms with Crippen molar-refractivity contribution >= 4 is 28.8 Å². The number of nitrogens with one attached hydrogen (secondary N) is 1. The molecule has 1 aromatic heterocycles. The van der Waals surface area contributed by atoms with Gasteiger partial charge in [-0.15, -0.1) is 0 Å². The maximum Gasteiger partial charge on any atom is 0.336 e. The second-order valence-electron chi connectivity index (χ2n) is 7.31. The lowest BCUT2D eigenvalue weighted by molar-refractivity contribution is -0.310. The summed E-state index contributed by atoms with van der Waals surface area (Å²) in [6.45, 7) is 5.16. The van der Waals surface area contributed by atoms with Gasteiger partial charge in [0.25, 0.3) is 5.91 Å². The van der Waals surface area contributed by atoms with Crippen molar-refractivity contribution in [1.29, 1.82) is 0 Å². The first-order chi connectivity index (χ1) is 14.6. The van der Waals surface area contributed by atoms with E-state index in [0.29, 0.717) is 16.9 Å². The van der Waals surface area contributed by atoms with E-state index in [1.54, 1.807) is 19.1 Å². The number of fused-ring (bicyclic) bond motifs is 1. The number of carboxylic acid groups (broad SMARTS) is 2. The number of aryl methyl sites for hydroxylation is 2. The molecule has 9 heteroatoms. The van der Waals surface area contributed by atoms with Crippen LogP contribution in [0.15, 0.2) is 27.4 Å². The van der Waals surface area contributed by atoms with E-state index < -0.39 is 42.0 Å². The minimum Gasteiger partial charge on any atom is -0.550 e. The Hall–Kier alpha value is -3.36. The van der Waals surface area contributed by atoms with Crippen LogP contribution in [0.5, 0.6) is 5.75 Å². The average Bonchev–Trinajstić information content (AvgIpc) is 2.70. The molecule has 0 fully saturated rings. The van der Waals surface area contributed by atoms with Crippen molar-refractivity contribution in [3.05, 3.63) is 39.7 Å². The molecule has 2 rings (SSSR count). The summed E-state index contributed by atoms with van der Waals surface area (Å²) in [7, 11) is 0. The Balaban J connectivity index is 2.21. The quantitative estimate of drug-likeness (QED) is 0.488. The Bertz CT molecular complexity index is 1030. The molecule has 1 heterocycles. The molecule has 1 aromatic carbocycles. The van der Waals surface area contributed by atoms with Crippen LogP contribution < -0.4 is 25.9 Å². The van der Waals surface area contributed by atoms with Crippen LogP contribution in [0.1, 0.15) is 50.7 Å². The molecule has 2 atom stereocenters. The number of unbranched alkanes of at least 4 members (excludes halogenated alkanes) is 1. The van der Waals surface area contributed by atoms with Gasteiger partial charge >= 0.3 is 5.63 Å². The molecule has 1 N–H and O–H groups in total. The summed E-state index contributed by atoms with van der Waals surface area (Å²) in [6, 6.07) is 3.39. The number of carboxylic acids is 2. The van der Waals surface area contributed by atoms with E-state index in [2.05, 4.69) is 12.2 Å². The normalized spacial score (nSPS) is 12.9. The number of hydrogen-bond acceptors (Lipinski definition) is 8. The Morgan fingerprint density at radius 3 is 2.55 bits per heavy atom. The van der Waals surface area contributed by atoms with Crippen LogP contribution in [0, 0.1) is 6.92 Å². The van der Waals surface area contributed by atoms with Gasteiger partial charge < -0.3 is 34.3 Å². The maximum absolute atomic E-state index is 12.3.